The molecule has 13 heavy (non-hydrogen) atoms. The maximum absolute atomic E-state index is 12.2. The summed E-state index contributed by atoms with van der Waals surface area (Å²) in [6, 6.07) is 0. The molecule has 1 unspecified atom stereocenters. The fourth-order valence-corrected chi connectivity index (χ4v) is 4.89. The molecule has 0 N–H and O–H groups in total. The van der Waals surface area contributed by atoms with Gasteiger partial charge in [0.15, 0.2) is 0 Å². The van der Waals surface area contributed by atoms with E-state index in [1.54, 1.807) is 25.8 Å². The van der Waals surface area contributed by atoms with Gasteiger partial charge in [0, 0.05) is 12.8 Å². The van der Waals surface area contributed by atoms with Gasteiger partial charge in [-0.1, -0.05) is 18.3 Å². The maximum atomic E-state index is 12.2. The van der Waals surface area contributed by atoms with Gasteiger partial charge in [0.05, 0.1) is 0 Å². The maximum Gasteiger partial charge on any atom is 0.296 e. The molecule has 78 valence electrons. The number of nitrogens with zero attached hydrogens (tertiary/aromatic N) is 2. The van der Waals surface area contributed by atoms with Crippen LogP contribution in [0.4, 0.5) is 0 Å². The molecule has 0 aliphatic heterocycles. The molecule has 0 radical (unpaired) electrons. The number of hydrogen-bond donors (Lipinski definition) is 0. The van der Waals surface area contributed by atoms with Crippen LogP contribution in [0.25, 0.3) is 0 Å². The summed E-state index contributed by atoms with van der Waals surface area (Å²) in [6.45, 7) is -0.662. The Kier molecular flexibility index (Phi) is 5.68. The molecule has 4 nitrogen and oxygen atoms in total. The van der Waals surface area contributed by atoms with Crippen LogP contribution in [0.2, 0.25) is 0 Å². The molecule has 0 aliphatic carbocycles. The van der Waals surface area contributed by atoms with Gasteiger partial charge in [0.2, 0.25) is 6.41 Å². The highest BCUT2D eigenvalue weighted by Crippen LogP contribution is 2.61. The first kappa shape index (κ1) is 13.0. The van der Waals surface area contributed by atoms with Crippen LogP contribution >= 0.6 is 18.0 Å². The molecular weight excluding hydrogens is 207 g/mol. The summed E-state index contributed by atoms with van der Waals surface area (Å²) in [7, 11) is 5.00. The molecule has 6 heteroatoms. The third-order valence-electron chi connectivity index (χ3n) is 1.52. The van der Waals surface area contributed by atoms with E-state index in [-0.39, 0.29) is 0 Å². The average Bonchev–Trinajstić information content (AvgIpc) is 2.12. The predicted octanol–water partition coefficient (Wildman–Crippen LogP) is 1.89. The lowest BCUT2D eigenvalue weighted by Gasteiger charge is -2.29. The molecule has 0 rings (SSSR count). The van der Waals surface area contributed by atoms with Gasteiger partial charge in [-0.2, -0.15) is 0 Å². The normalized spacial score (nSPS) is 15.5. The predicted molar refractivity (Wildman–Crippen MR) is 57.9 cm³/mol. The standard InChI is InChI=1S/C7H17N2O2PS/c1-5-6-13-12(11,8(2)3)9(4)7-10/h7H,5-6H2,1-4H3. The number of rotatable bonds is 6. The minimum atomic E-state index is -2.68. The quantitative estimate of drug-likeness (QED) is 0.510. The van der Waals surface area contributed by atoms with Crippen LogP contribution in [0, 0.1) is 0 Å². The second-order valence-electron chi connectivity index (χ2n) is 2.85. The zero-order chi connectivity index (χ0) is 10.5. The number of carbonyl (C=O) groups excluding carboxylic acids is 1. The Morgan fingerprint density at radius 1 is 1.38 bits per heavy atom. The van der Waals surface area contributed by atoms with E-state index in [0.717, 1.165) is 12.2 Å². The van der Waals surface area contributed by atoms with Gasteiger partial charge in [-0.3, -0.25) is 14.0 Å². The molecule has 0 saturated heterocycles. The molecule has 0 spiro atoms. The minimum Gasteiger partial charge on any atom is -0.279 e. The topological polar surface area (TPSA) is 40.6 Å². The summed E-state index contributed by atoms with van der Waals surface area (Å²) in [4.78, 5) is 10.5. The van der Waals surface area contributed by atoms with Gasteiger partial charge in [-0.05, 0) is 20.5 Å². The highest BCUT2D eigenvalue weighted by atomic mass is 32.7. The number of carbonyl (C=O) groups is 1. The van der Waals surface area contributed by atoms with Gasteiger partial charge in [-0.25, -0.2) is 4.67 Å². The third-order valence-corrected chi connectivity index (χ3v) is 7.66. The van der Waals surface area contributed by atoms with Crippen LogP contribution in [0.5, 0.6) is 0 Å². The summed E-state index contributed by atoms with van der Waals surface area (Å²) in [6.07, 6.45) is 1.57. The Morgan fingerprint density at radius 2 is 1.92 bits per heavy atom. The van der Waals surface area contributed by atoms with Crippen molar-refractivity contribution < 1.29 is 9.36 Å². The van der Waals surface area contributed by atoms with E-state index >= 15 is 0 Å². The second kappa shape index (κ2) is 5.68. The van der Waals surface area contributed by atoms with Crippen molar-refractivity contribution in [2.24, 2.45) is 0 Å². The van der Waals surface area contributed by atoms with Gasteiger partial charge < -0.3 is 0 Å². The van der Waals surface area contributed by atoms with E-state index in [1.807, 2.05) is 6.92 Å². The molecule has 0 saturated carbocycles. The smallest absolute Gasteiger partial charge is 0.279 e. The number of hydrogen-bond acceptors (Lipinski definition) is 3. The van der Waals surface area contributed by atoms with Crippen LogP contribution < -0.4 is 0 Å². The molecule has 1 amide bonds. The molecule has 0 aliphatic rings. The average molecular weight is 224 g/mol. The van der Waals surface area contributed by atoms with Gasteiger partial charge in [0.25, 0.3) is 6.65 Å². The van der Waals surface area contributed by atoms with Crippen molar-refractivity contribution >= 4 is 24.4 Å². The third kappa shape index (κ3) is 3.33. The van der Waals surface area contributed by atoms with E-state index in [4.69, 9.17) is 0 Å². The summed E-state index contributed by atoms with van der Waals surface area (Å²) in [5, 5.41) is 0. The SMILES string of the molecule is CCCSP(=O)(N(C)C)N(C)C=O. The Bertz CT molecular complexity index is 211. The largest absolute Gasteiger partial charge is 0.296 e. The highest BCUT2D eigenvalue weighted by molar-refractivity contribution is 8.56. The fourth-order valence-electron chi connectivity index (χ4n) is 0.758. The van der Waals surface area contributed by atoms with E-state index in [9.17, 15) is 9.36 Å². The van der Waals surface area contributed by atoms with E-state index in [1.165, 1.54) is 16.1 Å². The van der Waals surface area contributed by atoms with Crippen molar-refractivity contribution in [3.8, 4) is 0 Å². The molecule has 0 heterocycles. The zero-order valence-electron chi connectivity index (χ0n) is 8.56. The van der Waals surface area contributed by atoms with Crippen molar-refractivity contribution in [3.63, 3.8) is 0 Å². The molecule has 0 aromatic rings. The van der Waals surface area contributed by atoms with E-state index in [2.05, 4.69) is 0 Å². The van der Waals surface area contributed by atoms with Crippen molar-refractivity contribution in [2.75, 3.05) is 26.9 Å². The molecule has 0 fully saturated rings. The van der Waals surface area contributed by atoms with Crippen molar-refractivity contribution in [1.29, 1.82) is 0 Å². The Labute approximate surface area is 83.9 Å². The first-order chi connectivity index (χ1) is 5.99. The molecular formula is C7H17N2O2PS. The fraction of sp³-hybridized carbons (Fsp3) is 0.857. The summed E-state index contributed by atoms with van der Waals surface area (Å²) in [5.74, 6) is 0.799. The van der Waals surface area contributed by atoms with Crippen molar-refractivity contribution in [2.45, 2.75) is 13.3 Å². The van der Waals surface area contributed by atoms with Crippen molar-refractivity contribution in [1.82, 2.24) is 9.34 Å². The second-order valence-corrected chi connectivity index (χ2v) is 8.13. The minimum absolute atomic E-state index is 0.615. The lowest BCUT2D eigenvalue weighted by Crippen LogP contribution is -2.21. The molecule has 0 aromatic carbocycles. The molecule has 1 atom stereocenters. The molecule has 0 aromatic heterocycles. The monoisotopic (exact) mass is 224 g/mol. The van der Waals surface area contributed by atoms with Gasteiger partial charge in [0.1, 0.15) is 0 Å². The molecule has 0 bridgehead atoms. The summed E-state index contributed by atoms with van der Waals surface area (Å²) >= 11 is 1.34. The first-order valence-corrected chi connectivity index (χ1v) is 7.30. The van der Waals surface area contributed by atoms with Crippen LogP contribution in [-0.2, 0) is 9.36 Å². The summed E-state index contributed by atoms with van der Waals surface area (Å²) < 4.78 is 15.1. The van der Waals surface area contributed by atoms with E-state index < -0.39 is 6.65 Å². The first-order valence-electron chi connectivity index (χ1n) is 4.10. The summed E-state index contributed by atoms with van der Waals surface area (Å²) in [5.41, 5.74) is 0. The highest BCUT2D eigenvalue weighted by Gasteiger charge is 2.29. The van der Waals surface area contributed by atoms with Crippen molar-refractivity contribution in [3.05, 3.63) is 0 Å². The van der Waals surface area contributed by atoms with Crippen LogP contribution in [-0.4, -0.2) is 42.6 Å². The van der Waals surface area contributed by atoms with Gasteiger partial charge >= 0.3 is 0 Å². The van der Waals surface area contributed by atoms with Crippen LogP contribution in [0.1, 0.15) is 13.3 Å². The van der Waals surface area contributed by atoms with E-state index in [0.29, 0.717) is 6.41 Å². The Balaban J connectivity index is 4.53. The zero-order valence-corrected chi connectivity index (χ0v) is 10.3. The lowest BCUT2D eigenvalue weighted by atomic mass is 10.6. The van der Waals surface area contributed by atoms with Gasteiger partial charge in [-0.15, -0.1) is 0 Å². The Morgan fingerprint density at radius 3 is 2.23 bits per heavy atom. The van der Waals surface area contributed by atoms with Crippen LogP contribution in [0.3, 0.4) is 0 Å². The van der Waals surface area contributed by atoms with Crippen LogP contribution in [0.15, 0.2) is 0 Å². The number of amides is 1. The Hall–Kier alpha value is 0.0100. The lowest BCUT2D eigenvalue weighted by molar-refractivity contribution is -0.113.